The molecule has 0 amide bonds. The van der Waals surface area contributed by atoms with E-state index in [4.69, 9.17) is 9.47 Å². The van der Waals surface area contributed by atoms with Crippen molar-refractivity contribution in [3.05, 3.63) is 52.3 Å². The lowest BCUT2D eigenvalue weighted by Crippen LogP contribution is -2.31. The number of aromatic nitrogens is 1. The third-order valence-electron chi connectivity index (χ3n) is 3.70. The van der Waals surface area contributed by atoms with E-state index < -0.39 is 0 Å². The number of aliphatic hydroxyl groups excluding tert-OH is 1. The number of methoxy groups -OCH3 is 1. The minimum Gasteiger partial charge on any atom is -0.493 e. The first-order chi connectivity index (χ1) is 11.7. The lowest BCUT2D eigenvalue weighted by molar-refractivity contribution is 0.238. The molecular weight excluding hydrogens is 372 g/mol. The molecule has 130 valence electrons. The molecule has 1 aromatic carbocycles. The Kier molecular flexibility index (Phi) is 7.49. The molecule has 0 spiro atoms. The maximum absolute atomic E-state index is 9.26. The van der Waals surface area contributed by atoms with Crippen LogP contribution in [0.5, 0.6) is 11.5 Å². The molecular formula is C18H23BrN2O3. The minimum absolute atomic E-state index is 0.0938. The first-order valence-electron chi connectivity index (χ1n) is 7.90. The van der Waals surface area contributed by atoms with Gasteiger partial charge in [-0.15, -0.1) is 0 Å². The summed E-state index contributed by atoms with van der Waals surface area (Å²) >= 11 is 3.56. The van der Waals surface area contributed by atoms with E-state index in [2.05, 4.69) is 26.2 Å². The monoisotopic (exact) mass is 394 g/mol. The van der Waals surface area contributed by atoms with E-state index in [0.717, 1.165) is 22.0 Å². The van der Waals surface area contributed by atoms with Crippen molar-refractivity contribution < 1.29 is 14.6 Å². The van der Waals surface area contributed by atoms with Crippen molar-refractivity contribution in [2.75, 3.05) is 13.7 Å². The van der Waals surface area contributed by atoms with Crippen LogP contribution in [0.15, 0.2) is 41.1 Å². The highest BCUT2D eigenvalue weighted by molar-refractivity contribution is 9.10. The Hall–Kier alpha value is -1.63. The third-order valence-corrected chi connectivity index (χ3v) is 4.29. The number of nitrogens with zero attached hydrogens (tertiary/aromatic N) is 1. The molecule has 1 aromatic heterocycles. The summed E-state index contributed by atoms with van der Waals surface area (Å²) in [5.41, 5.74) is 2.05. The number of hydrogen-bond donors (Lipinski definition) is 2. The highest BCUT2D eigenvalue weighted by Crippen LogP contribution is 2.37. The van der Waals surface area contributed by atoms with Gasteiger partial charge in [0, 0.05) is 30.5 Å². The summed E-state index contributed by atoms with van der Waals surface area (Å²) in [6, 6.07) is 7.88. The number of nitrogens with one attached hydrogen (secondary N) is 1. The average molecular weight is 395 g/mol. The van der Waals surface area contributed by atoms with E-state index in [1.807, 2.05) is 31.2 Å². The molecule has 0 radical (unpaired) electrons. The van der Waals surface area contributed by atoms with Crippen molar-refractivity contribution in [2.45, 2.75) is 32.5 Å². The van der Waals surface area contributed by atoms with Crippen LogP contribution in [0.4, 0.5) is 0 Å². The summed E-state index contributed by atoms with van der Waals surface area (Å²) in [4.78, 5) is 4.08. The fraction of sp³-hybridized carbons (Fsp3) is 0.389. The molecule has 1 atom stereocenters. The molecule has 1 heterocycles. The molecule has 0 bridgehead atoms. The molecule has 24 heavy (non-hydrogen) atoms. The largest absolute Gasteiger partial charge is 0.493 e. The Morgan fingerprint density at radius 2 is 2.17 bits per heavy atom. The lowest BCUT2D eigenvalue weighted by atomic mass is 10.1. The number of benzene rings is 1. The molecule has 0 saturated heterocycles. The van der Waals surface area contributed by atoms with Gasteiger partial charge in [0.05, 0.1) is 18.2 Å². The number of pyridine rings is 1. The zero-order chi connectivity index (χ0) is 17.4. The molecule has 0 aliphatic heterocycles. The van der Waals surface area contributed by atoms with Crippen molar-refractivity contribution in [1.29, 1.82) is 0 Å². The van der Waals surface area contributed by atoms with Crippen molar-refractivity contribution >= 4 is 15.9 Å². The number of rotatable bonds is 9. The van der Waals surface area contributed by atoms with Crippen LogP contribution in [0.1, 0.15) is 24.5 Å². The summed E-state index contributed by atoms with van der Waals surface area (Å²) in [5.74, 6) is 1.33. The Morgan fingerprint density at radius 3 is 2.79 bits per heavy atom. The van der Waals surface area contributed by atoms with E-state index >= 15 is 0 Å². The maximum atomic E-state index is 9.26. The van der Waals surface area contributed by atoms with Gasteiger partial charge in [0.2, 0.25) is 0 Å². The van der Waals surface area contributed by atoms with Crippen LogP contribution in [-0.2, 0) is 13.2 Å². The second-order valence-electron chi connectivity index (χ2n) is 5.43. The van der Waals surface area contributed by atoms with Gasteiger partial charge in [0.25, 0.3) is 0 Å². The second-order valence-corrected chi connectivity index (χ2v) is 6.28. The van der Waals surface area contributed by atoms with E-state index in [9.17, 15) is 5.11 Å². The minimum atomic E-state index is 0.0938. The highest BCUT2D eigenvalue weighted by Gasteiger charge is 2.13. The van der Waals surface area contributed by atoms with E-state index in [1.54, 1.807) is 19.5 Å². The topological polar surface area (TPSA) is 63.6 Å². The Bertz CT molecular complexity index is 634. The number of ether oxygens (including phenoxy) is 2. The molecule has 2 rings (SSSR count). The predicted octanol–water partition coefficient (Wildman–Crippen LogP) is 3.29. The Labute approximate surface area is 151 Å². The molecule has 0 aliphatic rings. The van der Waals surface area contributed by atoms with Gasteiger partial charge in [0.1, 0.15) is 6.61 Å². The van der Waals surface area contributed by atoms with Gasteiger partial charge in [-0.3, -0.25) is 4.98 Å². The van der Waals surface area contributed by atoms with Gasteiger partial charge in [-0.1, -0.05) is 13.0 Å². The van der Waals surface area contributed by atoms with Crippen molar-refractivity contribution in [3.8, 4) is 11.5 Å². The molecule has 0 fully saturated rings. The SMILES string of the molecule is CCC(CO)NCc1cc(Br)c(OCc2cccnc2)c(OC)c1. The zero-order valence-corrected chi connectivity index (χ0v) is 15.5. The molecule has 6 heteroatoms. The van der Waals surface area contributed by atoms with Gasteiger partial charge in [-0.25, -0.2) is 0 Å². The van der Waals surface area contributed by atoms with Crippen molar-refractivity contribution in [3.63, 3.8) is 0 Å². The van der Waals surface area contributed by atoms with Gasteiger partial charge in [0.15, 0.2) is 11.5 Å². The van der Waals surface area contributed by atoms with Crippen LogP contribution in [0.3, 0.4) is 0 Å². The van der Waals surface area contributed by atoms with Crippen LogP contribution in [0.25, 0.3) is 0 Å². The van der Waals surface area contributed by atoms with Crippen LogP contribution in [-0.4, -0.2) is 29.8 Å². The number of halogens is 1. The smallest absolute Gasteiger partial charge is 0.175 e. The van der Waals surface area contributed by atoms with Crippen LogP contribution < -0.4 is 14.8 Å². The zero-order valence-electron chi connectivity index (χ0n) is 14.0. The second kappa shape index (κ2) is 9.61. The van der Waals surface area contributed by atoms with Crippen molar-refractivity contribution in [2.24, 2.45) is 0 Å². The van der Waals surface area contributed by atoms with Gasteiger partial charge < -0.3 is 19.9 Å². The van der Waals surface area contributed by atoms with Crippen LogP contribution >= 0.6 is 15.9 Å². The Morgan fingerprint density at radius 1 is 1.33 bits per heavy atom. The predicted molar refractivity (Wildman–Crippen MR) is 97.3 cm³/mol. The summed E-state index contributed by atoms with van der Waals surface area (Å²) in [7, 11) is 1.62. The summed E-state index contributed by atoms with van der Waals surface area (Å²) < 4.78 is 12.2. The number of aliphatic hydroxyl groups is 1. The van der Waals surface area contributed by atoms with E-state index in [-0.39, 0.29) is 12.6 Å². The van der Waals surface area contributed by atoms with Crippen LogP contribution in [0.2, 0.25) is 0 Å². The van der Waals surface area contributed by atoms with E-state index in [1.165, 1.54) is 0 Å². The fourth-order valence-corrected chi connectivity index (χ4v) is 2.86. The standard InChI is InChI=1S/C18H23BrN2O3/c1-3-15(11-22)21-10-14-7-16(19)18(17(8-14)23-2)24-12-13-5-4-6-20-9-13/h4-9,15,21-22H,3,10-12H2,1-2H3. The maximum Gasteiger partial charge on any atom is 0.175 e. The molecule has 2 N–H and O–H groups in total. The van der Waals surface area contributed by atoms with Gasteiger partial charge in [-0.05, 0) is 46.1 Å². The molecule has 5 nitrogen and oxygen atoms in total. The Balaban J connectivity index is 2.09. The van der Waals surface area contributed by atoms with Gasteiger partial charge in [-0.2, -0.15) is 0 Å². The quantitative estimate of drug-likeness (QED) is 0.682. The summed E-state index contributed by atoms with van der Waals surface area (Å²) in [6.45, 7) is 3.24. The lowest BCUT2D eigenvalue weighted by Gasteiger charge is -2.17. The summed E-state index contributed by atoms with van der Waals surface area (Å²) in [6.07, 6.45) is 4.39. The first kappa shape index (κ1) is 18.7. The highest BCUT2D eigenvalue weighted by atomic mass is 79.9. The molecule has 2 aromatic rings. The average Bonchev–Trinajstić information content (AvgIpc) is 2.62. The molecule has 0 aliphatic carbocycles. The third kappa shape index (κ3) is 5.19. The normalized spacial score (nSPS) is 12.0. The van der Waals surface area contributed by atoms with Crippen LogP contribution in [0, 0.1) is 0 Å². The van der Waals surface area contributed by atoms with Crippen molar-refractivity contribution in [1.82, 2.24) is 10.3 Å². The van der Waals surface area contributed by atoms with Gasteiger partial charge >= 0.3 is 0 Å². The molecule has 1 unspecified atom stereocenters. The fourth-order valence-electron chi connectivity index (χ4n) is 2.25. The number of hydrogen-bond acceptors (Lipinski definition) is 5. The van der Waals surface area contributed by atoms with E-state index in [0.29, 0.717) is 24.7 Å². The summed E-state index contributed by atoms with van der Waals surface area (Å²) in [5, 5.41) is 12.6. The molecule has 0 saturated carbocycles. The first-order valence-corrected chi connectivity index (χ1v) is 8.69.